The summed E-state index contributed by atoms with van der Waals surface area (Å²) >= 11 is 0. The molecule has 2 rings (SSSR count). The normalized spacial score (nSPS) is 11.3. The lowest BCUT2D eigenvalue weighted by atomic mass is 10.4. The van der Waals surface area contributed by atoms with Crippen molar-refractivity contribution >= 4 is 16.2 Å². The zero-order chi connectivity index (χ0) is 13.0. The molecule has 0 spiro atoms. The third-order valence-corrected chi connectivity index (χ3v) is 3.55. The van der Waals surface area contributed by atoms with Crippen LogP contribution in [-0.4, -0.2) is 8.42 Å². The maximum atomic E-state index is 11.8. The quantitative estimate of drug-likeness (QED) is 0.779. The first-order chi connectivity index (χ1) is 8.62. The number of benzene rings is 1. The Balaban J connectivity index is 2.08. The number of furan rings is 1. The van der Waals surface area contributed by atoms with Gasteiger partial charge < -0.3 is 4.42 Å². The second kappa shape index (κ2) is 5.20. The van der Waals surface area contributed by atoms with Crippen LogP contribution in [0.1, 0.15) is 11.5 Å². The smallest absolute Gasteiger partial charge is 0.297 e. The molecule has 0 radical (unpaired) electrons. The van der Waals surface area contributed by atoms with E-state index in [1.807, 2.05) is 0 Å². The van der Waals surface area contributed by atoms with Gasteiger partial charge in [-0.1, -0.05) is 24.8 Å². The van der Waals surface area contributed by atoms with Crippen molar-refractivity contribution in [2.75, 3.05) is 0 Å². The Hall–Kier alpha value is -1.85. The van der Waals surface area contributed by atoms with Crippen LogP contribution in [0.4, 0.5) is 0 Å². The highest BCUT2D eigenvalue weighted by Crippen LogP contribution is 2.15. The van der Waals surface area contributed by atoms with Gasteiger partial charge in [-0.25, -0.2) is 0 Å². The van der Waals surface area contributed by atoms with Crippen LogP contribution in [-0.2, 0) is 20.9 Å². The monoisotopic (exact) mass is 264 g/mol. The van der Waals surface area contributed by atoms with Crippen molar-refractivity contribution < 1.29 is 17.0 Å². The summed E-state index contributed by atoms with van der Waals surface area (Å²) in [4.78, 5) is 0.125. The average Bonchev–Trinajstić information content (AvgIpc) is 2.86. The summed E-state index contributed by atoms with van der Waals surface area (Å²) in [5.74, 6) is 1.01. The molecular weight excluding hydrogens is 252 g/mol. The van der Waals surface area contributed by atoms with Crippen molar-refractivity contribution in [3.05, 3.63) is 60.6 Å². The molecule has 2 aromatic rings. The van der Waals surface area contributed by atoms with Crippen LogP contribution in [0, 0.1) is 0 Å². The van der Waals surface area contributed by atoms with E-state index < -0.39 is 10.1 Å². The van der Waals surface area contributed by atoms with Crippen molar-refractivity contribution in [2.45, 2.75) is 11.5 Å². The second-order valence-electron chi connectivity index (χ2n) is 3.54. The maximum absolute atomic E-state index is 11.8. The van der Waals surface area contributed by atoms with Gasteiger partial charge in [-0.05, 0) is 30.3 Å². The molecule has 0 fully saturated rings. The van der Waals surface area contributed by atoms with Crippen molar-refractivity contribution in [3.8, 4) is 0 Å². The van der Waals surface area contributed by atoms with Crippen LogP contribution < -0.4 is 0 Å². The van der Waals surface area contributed by atoms with Crippen LogP contribution in [0.25, 0.3) is 6.08 Å². The molecule has 0 aliphatic rings. The number of hydrogen-bond donors (Lipinski definition) is 0. The van der Waals surface area contributed by atoms with Gasteiger partial charge in [0.25, 0.3) is 10.1 Å². The summed E-state index contributed by atoms with van der Waals surface area (Å²) in [6.45, 7) is 3.41. The molecule has 18 heavy (non-hydrogen) atoms. The fourth-order valence-corrected chi connectivity index (χ4v) is 2.27. The van der Waals surface area contributed by atoms with E-state index in [9.17, 15) is 8.42 Å². The van der Waals surface area contributed by atoms with E-state index in [-0.39, 0.29) is 11.5 Å². The summed E-state index contributed by atoms with van der Waals surface area (Å²) in [5, 5.41) is 0. The summed E-state index contributed by atoms with van der Waals surface area (Å²) in [5.41, 5.74) is 0. The van der Waals surface area contributed by atoms with E-state index in [4.69, 9.17) is 8.60 Å². The minimum Gasteiger partial charge on any atom is -0.459 e. The van der Waals surface area contributed by atoms with Crippen LogP contribution >= 0.6 is 0 Å². The Morgan fingerprint density at radius 1 is 1.17 bits per heavy atom. The van der Waals surface area contributed by atoms with E-state index in [0.29, 0.717) is 11.5 Å². The molecule has 0 N–H and O–H groups in total. The first kappa shape index (κ1) is 12.6. The largest absolute Gasteiger partial charge is 0.459 e. The first-order valence-electron chi connectivity index (χ1n) is 5.27. The van der Waals surface area contributed by atoms with E-state index in [1.54, 1.807) is 30.3 Å². The highest BCUT2D eigenvalue weighted by Gasteiger charge is 2.15. The standard InChI is InChI=1S/C13H12O4S/c1-2-11-8-9-12(17-11)10-16-18(14,15)13-6-4-3-5-7-13/h2-9H,1,10H2. The Bertz CT molecular complexity index is 626. The zero-order valence-electron chi connectivity index (χ0n) is 9.57. The molecular formula is C13H12O4S. The van der Waals surface area contributed by atoms with Gasteiger partial charge in [0.1, 0.15) is 18.1 Å². The third-order valence-electron chi connectivity index (χ3n) is 2.27. The molecule has 1 heterocycles. The summed E-state index contributed by atoms with van der Waals surface area (Å²) in [7, 11) is -3.74. The summed E-state index contributed by atoms with van der Waals surface area (Å²) < 4.78 is 33.8. The van der Waals surface area contributed by atoms with E-state index >= 15 is 0 Å². The van der Waals surface area contributed by atoms with Gasteiger partial charge in [-0.2, -0.15) is 8.42 Å². The van der Waals surface area contributed by atoms with Gasteiger partial charge >= 0.3 is 0 Å². The molecule has 0 saturated heterocycles. The molecule has 0 aliphatic carbocycles. The topological polar surface area (TPSA) is 56.5 Å². The fourth-order valence-electron chi connectivity index (χ4n) is 1.37. The number of hydrogen-bond acceptors (Lipinski definition) is 4. The molecule has 0 bridgehead atoms. The molecule has 5 heteroatoms. The van der Waals surface area contributed by atoms with Crippen molar-refractivity contribution in [2.24, 2.45) is 0 Å². The summed E-state index contributed by atoms with van der Waals surface area (Å²) in [6, 6.07) is 11.3. The SMILES string of the molecule is C=Cc1ccc(COS(=O)(=O)c2ccccc2)o1. The predicted molar refractivity (Wildman–Crippen MR) is 67.2 cm³/mol. The molecule has 1 aromatic heterocycles. The number of rotatable bonds is 5. The lowest BCUT2D eigenvalue weighted by Gasteiger charge is -2.03. The minimum atomic E-state index is -3.74. The highest BCUT2D eigenvalue weighted by molar-refractivity contribution is 7.86. The van der Waals surface area contributed by atoms with Gasteiger partial charge in [-0.3, -0.25) is 4.18 Å². The lowest BCUT2D eigenvalue weighted by molar-refractivity contribution is 0.273. The van der Waals surface area contributed by atoms with E-state index in [0.717, 1.165) is 0 Å². The van der Waals surface area contributed by atoms with Crippen LogP contribution in [0.15, 0.2) is 58.4 Å². The molecule has 0 atom stereocenters. The molecule has 1 aromatic carbocycles. The fraction of sp³-hybridized carbons (Fsp3) is 0.0769. The Morgan fingerprint density at radius 3 is 2.50 bits per heavy atom. The van der Waals surface area contributed by atoms with Crippen molar-refractivity contribution in [1.82, 2.24) is 0 Å². The van der Waals surface area contributed by atoms with E-state index in [2.05, 4.69) is 6.58 Å². The molecule has 0 unspecified atom stereocenters. The second-order valence-corrected chi connectivity index (χ2v) is 5.15. The average molecular weight is 264 g/mol. The van der Waals surface area contributed by atoms with Gasteiger partial charge in [0.15, 0.2) is 0 Å². The van der Waals surface area contributed by atoms with Gasteiger partial charge in [-0.15, -0.1) is 0 Å². The molecule has 0 amide bonds. The predicted octanol–water partition coefficient (Wildman–Crippen LogP) is 2.83. The first-order valence-corrected chi connectivity index (χ1v) is 6.68. The van der Waals surface area contributed by atoms with Crippen LogP contribution in [0.3, 0.4) is 0 Å². The van der Waals surface area contributed by atoms with E-state index in [1.165, 1.54) is 18.2 Å². The third kappa shape index (κ3) is 2.88. The molecule has 0 aliphatic heterocycles. The Labute approximate surface area is 106 Å². The summed E-state index contributed by atoms with van der Waals surface area (Å²) in [6.07, 6.45) is 1.54. The lowest BCUT2D eigenvalue weighted by Crippen LogP contribution is -2.05. The van der Waals surface area contributed by atoms with Gasteiger partial charge in [0.2, 0.25) is 0 Å². The minimum absolute atomic E-state index is 0.125. The zero-order valence-corrected chi connectivity index (χ0v) is 10.4. The van der Waals surface area contributed by atoms with Crippen LogP contribution in [0.2, 0.25) is 0 Å². The Kier molecular flexibility index (Phi) is 3.64. The van der Waals surface area contributed by atoms with Gasteiger partial charge in [0.05, 0.1) is 4.90 Å². The Morgan fingerprint density at radius 2 is 1.89 bits per heavy atom. The molecule has 4 nitrogen and oxygen atoms in total. The van der Waals surface area contributed by atoms with Crippen LogP contribution in [0.5, 0.6) is 0 Å². The van der Waals surface area contributed by atoms with Crippen molar-refractivity contribution in [3.63, 3.8) is 0 Å². The van der Waals surface area contributed by atoms with Crippen molar-refractivity contribution in [1.29, 1.82) is 0 Å². The van der Waals surface area contributed by atoms with Gasteiger partial charge in [0, 0.05) is 0 Å². The molecule has 94 valence electrons. The molecule has 0 saturated carbocycles. The maximum Gasteiger partial charge on any atom is 0.297 e. The highest BCUT2D eigenvalue weighted by atomic mass is 32.2.